The van der Waals surface area contributed by atoms with Gasteiger partial charge in [0.15, 0.2) is 5.75 Å². The van der Waals surface area contributed by atoms with Crippen LogP contribution in [0.25, 0.3) is 11.1 Å². The van der Waals surface area contributed by atoms with Crippen LogP contribution >= 0.6 is 0 Å². The molecule has 0 aliphatic carbocycles. The van der Waals surface area contributed by atoms with Gasteiger partial charge in [-0.05, 0) is 56.5 Å². The van der Waals surface area contributed by atoms with Crippen molar-refractivity contribution in [3.05, 3.63) is 53.5 Å². The molecule has 1 aliphatic rings. The maximum absolute atomic E-state index is 13.1. The third kappa shape index (κ3) is 3.51. The fraction of sp³-hybridized carbons (Fsp3) is 0.348. The summed E-state index contributed by atoms with van der Waals surface area (Å²) in [5.74, 6) is 1.14. The molecular formula is C23H26N4O3. The Morgan fingerprint density at radius 3 is 2.53 bits per heavy atom. The fourth-order valence-corrected chi connectivity index (χ4v) is 3.80. The molecule has 156 valence electrons. The molecule has 7 nitrogen and oxygen atoms in total. The van der Waals surface area contributed by atoms with E-state index in [0.29, 0.717) is 31.4 Å². The lowest BCUT2D eigenvalue weighted by Crippen LogP contribution is -2.22. The quantitative estimate of drug-likeness (QED) is 0.587. The van der Waals surface area contributed by atoms with E-state index in [2.05, 4.69) is 16.1 Å². The van der Waals surface area contributed by atoms with Crippen molar-refractivity contribution in [1.82, 2.24) is 14.8 Å². The van der Waals surface area contributed by atoms with E-state index in [-0.39, 0.29) is 5.91 Å². The van der Waals surface area contributed by atoms with Crippen molar-refractivity contribution >= 4 is 11.6 Å². The highest BCUT2D eigenvalue weighted by molar-refractivity contribution is 6.11. The molecule has 0 saturated carbocycles. The summed E-state index contributed by atoms with van der Waals surface area (Å²) in [6.07, 6.45) is 5.44. The second kappa shape index (κ2) is 8.18. The van der Waals surface area contributed by atoms with E-state index in [0.717, 1.165) is 40.0 Å². The molecule has 4 rings (SSSR count). The van der Waals surface area contributed by atoms with Gasteiger partial charge in [0, 0.05) is 30.1 Å². The van der Waals surface area contributed by atoms with Gasteiger partial charge in [-0.15, -0.1) is 0 Å². The fourth-order valence-electron chi connectivity index (χ4n) is 3.80. The summed E-state index contributed by atoms with van der Waals surface area (Å²) in [6, 6.07) is 6.04. The zero-order chi connectivity index (χ0) is 21.3. The van der Waals surface area contributed by atoms with Gasteiger partial charge in [0.1, 0.15) is 0 Å². The molecule has 1 aliphatic heterocycles. The Bertz CT molecular complexity index is 1090. The lowest BCUT2D eigenvalue weighted by atomic mass is 9.97. The second-order valence-electron chi connectivity index (χ2n) is 7.17. The lowest BCUT2D eigenvalue weighted by Gasteiger charge is -2.12. The van der Waals surface area contributed by atoms with Crippen molar-refractivity contribution in [3.63, 3.8) is 0 Å². The molecule has 1 aromatic carbocycles. The van der Waals surface area contributed by atoms with Gasteiger partial charge in [-0.25, -0.2) is 4.98 Å². The largest absolute Gasteiger partial charge is 0.488 e. The van der Waals surface area contributed by atoms with Gasteiger partial charge in [0.05, 0.1) is 31.6 Å². The van der Waals surface area contributed by atoms with Crippen molar-refractivity contribution in [2.75, 3.05) is 18.1 Å². The van der Waals surface area contributed by atoms with E-state index >= 15 is 0 Å². The van der Waals surface area contributed by atoms with Crippen molar-refractivity contribution in [1.29, 1.82) is 0 Å². The van der Waals surface area contributed by atoms with Crippen molar-refractivity contribution < 1.29 is 14.3 Å². The zero-order valence-corrected chi connectivity index (χ0v) is 17.8. The van der Waals surface area contributed by atoms with Crippen LogP contribution in [-0.4, -0.2) is 33.9 Å². The molecule has 3 aromatic rings. The van der Waals surface area contributed by atoms with Gasteiger partial charge < -0.3 is 14.4 Å². The number of anilines is 1. The Morgan fingerprint density at radius 2 is 1.83 bits per heavy atom. The SMILES string of the molecule is CCOc1cc(-c2cc(C)c3c(c2)CN(c2cnn(CC)c2)C3=O)cnc1OCC. The Kier molecular flexibility index (Phi) is 5.44. The molecule has 3 heterocycles. The number of rotatable bonds is 7. The van der Waals surface area contributed by atoms with Crippen LogP contribution in [0.15, 0.2) is 36.8 Å². The van der Waals surface area contributed by atoms with Crippen LogP contribution in [0.5, 0.6) is 11.6 Å². The van der Waals surface area contributed by atoms with Crippen LogP contribution in [0.1, 0.15) is 42.3 Å². The molecule has 30 heavy (non-hydrogen) atoms. The summed E-state index contributed by atoms with van der Waals surface area (Å²) in [5, 5.41) is 4.30. The van der Waals surface area contributed by atoms with Gasteiger partial charge in [-0.1, -0.05) is 6.07 Å². The number of aromatic nitrogens is 3. The smallest absolute Gasteiger partial charge is 0.259 e. The van der Waals surface area contributed by atoms with Crippen LogP contribution in [0, 0.1) is 6.92 Å². The van der Waals surface area contributed by atoms with Gasteiger partial charge in [-0.3, -0.25) is 9.48 Å². The monoisotopic (exact) mass is 406 g/mol. The Morgan fingerprint density at radius 1 is 1.03 bits per heavy atom. The van der Waals surface area contributed by atoms with Crippen LogP contribution in [-0.2, 0) is 13.1 Å². The van der Waals surface area contributed by atoms with Gasteiger partial charge >= 0.3 is 0 Å². The van der Waals surface area contributed by atoms with E-state index in [1.165, 1.54) is 0 Å². The minimum atomic E-state index is 0.0181. The normalized spacial score (nSPS) is 12.9. The first kappa shape index (κ1) is 19.9. The molecule has 7 heteroatoms. The standard InChI is InChI=1S/C23H26N4O3/c1-5-26-14-19(12-25-26)27-13-18-9-16(8-15(4)21(18)23(27)28)17-10-20(29-6-2)22(24-11-17)30-7-3/h8-12,14H,5-7,13H2,1-4H3. The average molecular weight is 406 g/mol. The first-order chi connectivity index (χ1) is 14.5. The molecule has 0 radical (unpaired) electrons. The summed E-state index contributed by atoms with van der Waals surface area (Å²) >= 11 is 0. The molecule has 0 N–H and O–H groups in total. The van der Waals surface area contributed by atoms with Gasteiger partial charge in [0.25, 0.3) is 11.8 Å². The van der Waals surface area contributed by atoms with Gasteiger partial charge in [-0.2, -0.15) is 5.10 Å². The van der Waals surface area contributed by atoms with E-state index in [9.17, 15) is 4.79 Å². The third-order valence-electron chi connectivity index (χ3n) is 5.19. The zero-order valence-electron chi connectivity index (χ0n) is 17.8. The lowest BCUT2D eigenvalue weighted by molar-refractivity contribution is 0.0996. The maximum Gasteiger partial charge on any atom is 0.259 e. The minimum absolute atomic E-state index is 0.0181. The van der Waals surface area contributed by atoms with Crippen molar-refractivity contribution in [3.8, 4) is 22.8 Å². The highest BCUT2D eigenvalue weighted by atomic mass is 16.5. The second-order valence-corrected chi connectivity index (χ2v) is 7.17. The number of benzene rings is 1. The molecule has 0 saturated heterocycles. The predicted molar refractivity (Wildman–Crippen MR) is 115 cm³/mol. The number of hydrogen-bond acceptors (Lipinski definition) is 5. The van der Waals surface area contributed by atoms with Crippen molar-refractivity contribution in [2.24, 2.45) is 0 Å². The van der Waals surface area contributed by atoms with Crippen LogP contribution < -0.4 is 14.4 Å². The predicted octanol–water partition coefficient (Wildman–Crippen LogP) is 4.23. The number of carbonyl (C=O) groups excluding carboxylic acids is 1. The summed E-state index contributed by atoms with van der Waals surface area (Å²) in [7, 11) is 0. The molecule has 0 spiro atoms. The molecule has 0 fully saturated rings. The number of aryl methyl sites for hydroxylation is 2. The number of ether oxygens (including phenoxy) is 2. The summed E-state index contributed by atoms with van der Waals surface area (Å²) < 4.78 is 13.1. The number of carbonyl (C=O) groups is 1. The van der Waals surface area contributed by atoms with Crippen LogP contribution in [0.2, 0.25) is 0 Å². The van der Waals surface area contributed by atoms with Gasteiger partial charge in [0.2, 0.25) is 0 Å². The van der Waals surface area contributed by atoms with E-state index in [1.807, 2.05) is 50.7 Å². The van der Waals surface area contributed by atoms with E-state index in [1.54, 1.807) is 17.3 Å². The Hall–Kier alpha value is -3.35. The number of hydrogen-bond donors (Lipinski definition) is 0. The minimum Gasteiger partial charge on any atom is -0.488 e. The van der Waals surface area contributed by atoms with Crippen molar-refractivity contribution in [2.45, 2.75) is 40.8 Å². The number of pyridine rings is 1. The maximum atomic E-state index is 13.1. The first-order valence-corrected chi connectivity index (χ1v) is 10.3. The highest BCUT2D eigenvalue weighted by Crippen LogP contribution is 2.36. The first-order valence-electron chi connectivity index (χ1n) is 10.3. The molecular weight excluding hydrogens is 380 g/mol. The average Bonchev–Trinajstić information content (AvgIpc) is 3.34. The Labute approximate surface area is 176 Å². The number of amides is 1. The highest BCUT2D eigenvalue weighted by Gasteiger charge is 2.31. The topological polar surface area (TPSA) is 69.5 Å². The van der Waals surface area contributed by atoms with E-state index in [4.69, 9.17) is 9.47 Å². The van der Waals surface area contributed by atoms with Crippen LogP contribution in [0.3, 0.4) is 0 Å². The molecule has 0 unspecified atom stereocenters. The summed E-state index contributed by atoms with van der Waals surface area (Å²) in [4.78, 5) is 19.3. The molecule has 0 atom stereocenters. The number of fused-ring (bicyclic) bond motifs is 1. The molecule has 2 aromatic heterocycles. The number of nitrogens with zero attached hydrogens (tertiary/aromatic N) is 4. The van der Waals surface area contributed by atoms with E-state index < -0.39 is 0 Å². The third-order valence-corrected chi connectivity index (χ3v) is 5.19. The summed E-state index contributed by atoms with van der Waals surface area (Å²) in [5.41, 5.74) is 5.47. The molecule has 1 amide bonds. The molecule has 0 bridgehead atoms. The Balaban J connectivity index is 1.69. The van der Waals surface area contributed by atoms with Crippen LogP contribution in [0.4, 0.5) is 5.69 Å². The summed E-state index contributed by atoms with van der Waals surface area (Å²) in [6.45, 7) is 10.2.